The first kappa shape index (κ1) is 13.9. The smallest absolute Gasteiger partial charge is 0.311 e. The van der Waals surface area contributed by atoms with Gasteiger partial charge in [-0.15, -0.1) is 0 Å². The number of carboxylic acid groups (broad SMARTS) is 1. The molecule has 0 bridgehead atoms. The van der Waals surface area contributed by atoms with Gasteiger partial charge in [0.05, 0.1) is 7.11 Å². The topological polar surface area (TPSA) is 80.7 Å². The first-order chi connectivity index (χ1) is 8.36. The fraction of sp³-hybridized carbons (Fsp3) is 0.308. The van der Waals surface area contributed by atoms with E-state index in [0.29, 0.717) is 11.3 Å². The minimum atomic E-state index is -1.31. The van der Waals surface area contributed by atoms with Crippen molar-refractivity contribution in [1.82, 2.24) is 0 Å². The molecular formula is C13H14O5. The van der Waals surface area contributed by atoms with E-state index >= 15 is 0 Å². The third-order valence-corrected chi connectivity index (χ3v) is 2.55. The molecule has 0 fully saturated rings. The van der Waals surface area contributed by atoms with Gasteiger partial charge in [0.15, 0.2) is 0 Å². The van der Waals surface area contributed by atoms with E-state index in [-0.39, 0.29) is 5.56 Å². The Morgan fingerprint density at radius 3 is 2.28 bits per heavy atom. The average molecular weight is 250 g/mol. The Labute approximate surface area is 104 Å². The highest BCUT2D eigenvalue weighted by Gasteiger charge is 2.21. The average Bonchev–Trinajstić information content (AvgIpc) is 2.29. The van der Waals surface area contributed by atoms with Crippen molar-refractivity contribution in [2.75, 3.05) is 7.11 Å². The molecule has 0 heterocycles. The summed E-state index contributed by atoms with van der Waals surface area (Å²) in [6.07, 6.45) is -0.788. The number of ether oxygens (including phenoxy) is 1. The summed E-state index contributed by atoms with van der Waals surface area (Å²) in [5, 5.41) is 8.49. The van der Waals surface area contributed by atoms with Crippen LogP contribution in [0.25, 0.3) is 0 Å². The predicted molar refractivity (Wildman–Crippen MR) is 64.1 cm³/mol. The highest BCUT2D eigenvalue weighted by atomic mass is 16.5. The van der Waals surface area contributed by atoms with Crippen LogP contribution in [-0.2, 0) is 9.59 Å². The molecular weight excluding hydrogens is 236 g/mol. The van der Waals surface area contributed by atoms with E-state index in [1.165, 1.54) is 13.2 Å². The van der Waals surface area contributed by atoms with E-state index in [1.807, 2.05) is 0 Å². The molecule has 0 aliphatic rings. The van der Waals surface area contributed by atoms with Gasteiger partial charge in [0, 0.05) is 5.56 Å². The summed E-state index contributed by atoms with van der Waals surface area (Å²) >= 11 is 0. The zero-order valence-electron chi connectivity index (χ0n) is 10.4. The third-order valence-electron chi connectivity index (χ3n) is 2.55. The summed E-state index contributed by atoms with van der Waals surface area (Å²) in [5.74, 6) is -2.39. The Bertz CT molecular complexity index is 516. The highest BCUT2D eigenvalue weighted by molar-refractivity contribution is 6.46. The van der Waals surface area contributed by atoms with E-state index in [4.69, 9.17) is 9.84 Å². The second-order valence-corrected chi connectivity index (χ2v) is 3.96. The number of methoxy groups -OCH3 is 1. The van der Waals surface area contributed by atoms with Crippen molar-refractivity contribution in [1.29, 1.82) is 0 Å². The van der Waals surface area contributed by atoms with Crippen LogP contribution in [0.5, 0.6) is 5.75 Å². The number of ketones is 2. The number of rotatable bonds is 5. The maximum Gasteiger partial charge on any atom is 0.311 e. The predicted octanol–water partition coefficient (Wildman–Crippen LogP) is 1.54. The molecule has 0 saturated carbocycles. The van der Waals surface area contributed by atoms with Gasteiger partial charge in [0.1, 0.15) is 12.2 Å². The minimum absolute atomic E-state index is 0.222. The molecule has 1 aromatic rings. The van der Waals surface area contributed by atoms with Gasteiger partial charge in [-0.25, -0.2) is 0 Å². The van der Waals surface area contributed by atoms with Crippen LogP contribution >= 0.6 is 0 Å². The van der Waals surface area contributed by atoms with Crippen LogP contribution in [0, 0.1) is 13.8 Å². The fourth-order valence-corrected chi connectivity index (χ4v) is 1.62. The lowest BCUT2D eigenvalue weighted by Crippen LogP contribution is -2.19. The number of benzene rings is 1. The summed E-state index contributed by atoms with van der Waals surface area (Å²) in [4.78, 5) is 33.6. The van der Waals surface area contributed by atoms with Crippen LogP contribution in [0.4, 0.5) is 0 Å². The van der Waals surface area contributed by atoms with Crippen molar-refractivity contribution in [3.63, 3.8) is 0 Å². The maximum atomic E-state index is 11.8. The monoisotopic (exact) mass is 250 g/mol. The molecule has 0 saturated heterocycles. The summed E-state index contributed by atoms with van der Waals surface area (Å²) < 4.78 is 5.10. The van der Waals surface area contributed by atoms with Crippen molar-refractivity contribution in [2.45, 2.75) is 20.3 Å². The lowest BCUT2D eigenvalue weighted by molar-refractivity contribution is -0.139. The Morgan fingerprint density at radius 2 is 1.78 bits per heavy atom. The Balaban J connectivity index is 3.10. The second-order valence-electron chi connectivity index (χ2n) is 3.96. The Kier molecular flexibility index (Phi) is 4.20. The zero-order valence-corrected chi connectivity index (χ0v) is 10.4. The minimum Gasteiger partial charge on any atom is -0.496 e. The van der Waals surface area contributed by atoms with E-state index in [2.05, 4.69) is 0 Å². The lowest BCUT2D eigenvalue weighted by atomic mass is 9.98. The lowest BCUT2D eigenvalue weighted by Gasteiger charge is -2.09. The largest absolute Gasteiger partial charge is 0.496 e. The van der Waals surface area contributed by atoms with E-state index < -0.39 is 24.0 Å². The molecule has 5 nitrogen and oxygen atoms in total. The highest BCUT2D eigenvalue weighted by Crippen LogP contribution is 2.23. The van der Waals surface area contributed by atoms with Crippen molar-refractivity contribution in [2.24, 2.45) is 0 Å². The van der Waals surface area contributed by atoms with E-state index in [1.54, 1.807) is 19.9 Å². The van der Waals surface area contributed by atoms with Crippen molar-refractivity contribution in [3.05, 3.63) is 28.8 Å². The van der Waals surface area contributed by atoms with Crippen LogP contribution in [0.15, 0.2) is 12.1 Å². The molecule has 0 amide bonds. The van der Waals surface area contributed by atoms with Gasteiger partial charge in [-0.3, -0.25) is 14.4 Å². The molecule has 0 atom stereocenters. The van der Waals surface area contributed by atoms with Crippen LogP contribution < -0.4 is 4.74 Å². The normalized spacial score (nSPS) is 9.94. The number of hydrogen-bond donors (Lipinski definition) is 1. The van der Waals surface area contributed by atoms with Crippen LogP contribution in [0.2, 0.25) is 0 Å². The van der Waals surface area contributed by atoms with Crippen LogP contribution in [0.3, 0.4) is 0 Å². The Hall–Kier alpha value is -2.17. The number of aliphatic carboxylic acids is 1. The van der Waals surface area contributed by atoms with Gasteiger partial charge < -0.3 is 9.84 Å². The van der Waals surface area contributed by atoms with Crippen molar-refractivity contribution < 1.29 is 24.2 Å². The van der Waals surface area contributed by atoms with Crippen molar-refractivity contribution in [3.8, 4) is 5.75 Å². The molecule has 1 rings (SSSR count). The molecule has 1 aromatic carbocycles. The number of Topliss-reactive ketones (excluding diaryl/α,β-unsaturated/α-hetero) is 2. The molecule has 0 unspecified atom stereocenters. The summed E-state index contributed by atoms with van der Waals surface area (Å²) in [5.41, 5.74) is 1.52. The molecule has 0 aliphatic carbocycles. The molecule has 0 radical (unpaired) electrons. The molecule has 0 aliphatic heterocycles. The van der Waals surface area contributed by atoms with Crippen LogP contribution in [-0.4, -0.2) is 29.8 Å². The molecule has 0 spiro atoms. The number of carboxylic acids is 1. The van der Waals surface area contributed by atoms with Gasteiger partial charge >= 0.3 is 5.97 Å². The first-order valence-corrected chi connectivity index (χ1v) is 5.31. The maximum absolute atomic E-state index is 11.8. The fourth-order valence-electron chi connectivity index (χ4n) is 1.62. The summed E-state index contributed by atoms with van der Waals surface area (Å²) in [6, 6.07) is 3.19. The SMILES string of the molecule is COc1cc(C)c(C(=O)C(=O)CC(=O)O)cc1C. The summed E-state index contributed by atoms with van der Waals surface area (Å²) in [7, 11) is 1.51. The second kappa shape index (κ2) is 5.44. The number of hydrogen-bond acceptors (Lipinski definition) is 4. The van der Waals surface area contributed by atoms with E-state index in [0.717, 1.165) is 5.56 Å². The van der Waals surface area contributed by atoms with Crippen LogP contribution in [0.1, 0.15) is 27.9 Å². The van der Waals surface area contributed by atoms with Gasteiger partial charge in [-0.1, -0.05) is 0 Å². The van der Waals surface area contributed by atoms with Gasteiger partial charge in [0.2, 0.25) is 11.6 Å². The number of aryl methyl sites for hydroxylation is 2. The first-order valence-electron chi connectivity index (χ1n) is 5.31. The van der Waals surface area contributed by atoms with Gasteiger partial charge in [-0.05, 0) is 37.1 Å². The third kappa shape index (κ3) is 2.94. The molecule has 96 valence electrons. The number of carbonyl (C=O) groups excluding carboxylic acids is 2. The van der Waals surface area contributed by atoms with Crippen molar-refractivity contribution >= 4 is 17.5 Å². The quantitative estimate of drug-likeness (QED) is 0.487. The van der Waals surface area contributed by atoms with Gasteiger partial charge in [0.25, 0.3) is 0 Å². The molecule has 5 heteroatoms. The standard InChI is InChI=1S/C13H14O5/c1-7-5-11(18-3)8(2)4-9(7)13(17)10(14)6-12(15)16/h4-5H,6H2,1-3H3,(H,15,16). The zero-order chi connectivity index (χ0) is 13.9. The number of carbonyl (C=O) groups is 3. The molecule has 0 aromatic heterocycles. The molecule has 1 N–H and O–H groups in total. The molecule has 18 heavy (non-hydrogen) atoms. The van der Waals surface area contributed by atoms with E-state index in [9.17, 15) is 14.4 Å². The van der Waals surface area contributed by atoms with Gasteiger partial charge in [-0.2, -0.15) is 0 Å². The summed E-state index contributed by atoms with van der Waals surface area (Å²) in [6.45, 7) is 3.42. The Morgan fingerprint density at radius 1 is 1.17 bits per heavy atom.